The minimum atomic E-state index is -0.628. The van der Waals surface area contributed by atoms with E-state index in [2.05, 4.69) is 0 Å². The first-order valence-corrected chi connectivity index (χ1v) is 4.21. The molecule has 2 nitrogen and oxygen atoms in total. The van der Waals surface area contributed by atoms with E-state index in [4.69, 9.17) is 28.9 Å². The van der Waals surface area contributed by atoms with Crippen LogP contribution in [0.5, 0.6) is 0 Å². The first kappa shape index (κ1) is 9.65. The van der Waals surface area contributed by atoms with Crippen molar-refractivity contribution in [2.24, 2.45) is 0 Å². The largest absolute Gasteiger partial charge is 0.396 e. The van der Waals surface area contributed by atoms with Crippen molar-refractivity contribution in [3.05, 3.63) is 27.7 Å². The predicted molar refractivity (Wildman–Crippen MR) is 51.5 cm³/mol. The Morgan fingerprint density at radius 3 is 2.50 bits per heavy atom. The quantitative estimate of drug-likeness (QED) is 0.693. The van der Waals surface area contributed by atoms with Crippen LogP contribution in [0.4, 0.5) is 5.69 Å². The molecule has 1 unspecified atom stereocenters. The Morgan fingerprint density at radius 2 is 2.00 bits per heavy atom. The van der Waals surface area contributed by atoms with Crippen LogP contribution in [0.15, 0.2) is 12.1 Å². The van der Waals surface area contributed by atoms with Crippen LogP contribution in [0.3, 0.4) is 0 Å². The van der Waals surface area contributed by atoms with E-state index in [0.717, 1.165) is 0 Å². The summed E-state index contributed by atoms with van der Waals surface area (Å²) in [5.74, 6) is 0. The molecule has 12 heavy (non-hydrogen) atoms. The van der Waals surface area contributed by atoms with Crippen molar-refractivity contribution in [1.82, 2.24) is 0 Å². The average molecular weight is 206 g/mol. The van der Waals surface area contributed by atoms with Gasteiger partial charge in [-0.3, -0.25) is 0 Å². The van der Waals surface area contributed by atoms with Crippen LogP contribution in [0, 0.1) is 0 Å². The van der Waals surface area contributed by atoms with E-state index < -0.39 is 6.10 Å². The van der Waals surface area contributed by atoms with Crippen molar-refractivity contribution < 1.29 is 5.11 Å². The van der Waals surface area contributed by atoms with Crippen molar-refractivity contribution in [1.29, 1.82) is 0 Å². The number of nitrogen functional groups attached to an aromatic ring is 1. The smallest absolute Gasteiger partial charge is 0.0777 e. The first-order chi connectivity index (χ1) is 5.54. The zero-order chi connectivity index (χ0) is 9.30. The lowest BCUT2D eigenvalue weighted by Crippen LogP contribution is -1.96. The first-order valence-electron chi connectivity index (χ1n) is 3.45. The summed E-state index contributed by atoms with van der Waals surface area (Å²) in [7, 11) is 0. The molecule has 0 aliphatic rings. The van der Waals surface area contributed by atoms with E-state index in [9.17, 15) is 5.11 Å². The normalized spacial score (nSPS) is 13.0. The molecule has 0 aromatic heterocycles. The Kier molecular flexibility index (Phi) is 2.83. The molecular formula is C8H9Cl2NO. The van der Waals surface area contributed by atoms with Gasteiger partial charge in [0.25, 0.3) is 0 Å². The van der Waals surface area contributed by atoms with Gasteiger partial charge in [-0.25, -0.2) is 0 Å². The molecule has 3 N–H and O–H groups in total. The summed E-state index contributed by atoms with van der Waals surface area (Å²) in [6, 6.07) is 3.27. The third kappa shape index (κ3) is 1.66. The monoisotopic (exact) mass is 205 g/mol. The van der Waals surface area contributed by atoms with Crippen molar-refractivity contribution in [3.63, 3.8) is 0 Å². The maximum Gasteiger partial charge on any atom is 0.0777 e. The lowest BCUT2D eigenvalue weighted by Gasteiger charge is -2.09. The Balaban J connectivity index is 3.27. The highest BCUT2D eigenvalue weighted by Crippen LogP contribution is 2.33. The van der Waals surface area contributed by atoms with E-state index in [0.29, 0.717) is 21.3 Å². The molecule has 0 amide bonds. The number of hydrogen-bond acceptors (Lipinski definition) is 2. The minimum absolute atomic E-state index is 0.316. The summed E-state index contributed by atoms with van der Waals surface area (Å²) in [6.07, 6.45) is -0.628. The molecule has 1 rings (SSSR count). The summed E-state index contributed by atoms with van der Waals surface area (Å²) in [5.41, 5.74) is 6.46. The summed E-state index contributed by atoms with van der Waals surface area (Å²) < 4.78 is 0. The zero-order valence-corrected chi connectivity index (χ0v) is 8.02. The summed E-state index contributed by atoms with van der Waals surface area (Å²) in [5, 5.41) is 9.97. The Morgan fingerprint density at radius 1 is 1.42 bits per heavy atom. The molecule has 0 aliphatic carbocycles. The van der Waals surface area contributed by atoms with Crippen LogP contribution >= 0.6 is 23.2 Å². The molecular weight excluding hydrogens is 197 g/mol. The second kappa shape index (κ2) is 3.52. The standard InChI is InChI=1S/C8H9Cl2NO/c1-4(12)5-2-3-6(9)8(11)7(5)10/h2-4,12H,11H2,1H3. The number of nitrogens with two attached hydrogens (primary N) is 1. The lowest BCUT2D eigenvalue weighted by atomic mass is 10.1. The molecule has 0 fully saturated rings. The van der Waals surface area contributed by atoms with Gasteiger partial charge in [0, 0.05) is 5.56 Å². The summed E-state index contributed by atoms with van der Waals surface area (Å²) in [6.45, 7) is 1.62. The third-order valence-electron chi connectivity index (χ3n) is 1.61. The van der Waals surface area contributed by atoms with E-state index in [1.54, 1.807) is 19.1 Å². The molecule has 0 spiro atoms. The Bertz CT molecular complexity index is 299. The molecule has 0 aliphatic heterocycles. The van der Waals surface area contributed by atoms with Gasteiger partial charge in [-0.2, -0.15) is 0 Å². The fourth-order valence-corrected chi connectivity index (χ4v) is 1.44. The molecule has 0 radical (unpaired) electrons. The number of halogens is 2. The van der Waals surface area contributed by atoms with Crippen molar-refractivity contribution >= 4 is 28.9 Å². The van der Waals surface area contributed by atoms with Gasteiger partial charge in [0.05, 0.1) is 21.8 Å². The van der Waals surface area contributed by atoms with E-state index in [1.807, 2.05) is 0 Å². The molecule has 1 aromatic carbocycles. The molecule has 66 valence electrons. The number of benzene rings is 1. The lowest BCUT2D eigenvalue weighted by molar-refractivity contribution is 0.199. The number of hydrogen-bond donors (Lipinski definition) is 2. The predicted octanol–water partition coefficient (Wildman–Crippen LogP) is 2.63. The SMILES string of the molecule is CC(O)c1ccc(Cl)c(N)c1Cl. The molecule has 0 bridgehead atoms. The minimum Gasteiger partial charge on any atom is -0.396 e. The van der Waals surface area contributed by atoms with Gasteiger partial charge in [-0.15, -0.1) is 0 Å². The van der Waals surface area contributed by atoms with Crippen LogP contribution in [-0.4, -0.2) is 5.11 Å². The topological polar surface area (TPSA) is 46.2 Å². The molecule has 4 heteroatoms. The summed E-state index contributed by atoms with van der Waals surface area (Å²) in [4.78, 5) is 0. The molecule has 1 aromatic rings. The maximum atomic E-state index is 9.24. The van der Waals surface area contributed by atoms with E-state index >= 15 is 0 Å². The number of anilines is 1. The average Bonchev–Trinajstić information content (AvgIpc) is 2.00. The van der Waals surface area contributed by atoms with Gasteiger partial charge in [0.1, 0.15) is 0 Å². The van der Waals surface area contributed by atoms with Gasteiger partial charge in [0.15, 0.2) is 0 Å². The second-order valence-electron chi connectivity index (χ2n) is 2.54. The van der Waals surface area contributed by atoms with Crippen molar-refractivity contribution in [2.45, 2.75) is 13.0 Å². The highest BCUT2D eigenvalue weighted by molar-refractivity contribution is 6.39. The van der Waals surface area contributed by atoms with Crippen molar-refractivity contribution in [2.75, 3.05) is 5.73 Å². The zero-order valence-electron chi connectivity index (χ0n) is 6.51. The summed E-state index contributed by atoms with van der Waals surface area (Å²) >= 11 is 11.5. The second-order valence-corrected chi connectivity index (χ2v) is 3.33. The van der Waals surface area contributed by atoms with Gasteiger partial charge < -0.3 is 10.8 Å². The fourth-order valence-electron chi connectivity index (χ4n) is 0.909. The van der Waals surface area contributed by atoms with Crippen LogP contribution in [0.2, 0.25) is 10.0 Å². The molecule has 0 saturated carbocycles. The van der Waals surface area contributed by atoms with Gasteiger partial charge >= 0.3 is 0 Å². The Labute approximate surface area is 80.9 Å². The molecule has 0 saturated heterocycles. The Hall–Kier alpha value is -0.440. The number of aliphatic hydroxyl groups excluding tert-OH is 1. The highest BCUT2D eigenvalue weighted by Gasteiger charge is 2.10. The van der Waals surface area contributed by atoms with Gasteiger partial charge in [-0.1, -0.05) is 29.3 Å². The number of aliphatic hydroxyl groups is 1. The highest BCUT2D eigenvalue weighted by atomic mass is 35.5. The number of rotatable bonds is 1. The van der Waals surface area contributed by atoms with Crippen molar-refractivity contribution in [3.8, 4) is 0 Å². The third-order valence-corrected chi connectivity index (χ3v) is 2.36. The van der Waals surface area contributed by atoms with Crippen LogP contribution in [0.25, 0.3) is 0 Å². The fraction of sp³-hybridized carbons (Fsp3) is 0.250. The van der Waals surface area contributed by atoms with Crippen LogP contribution < -0.4 is 5.73 Å². The van der Waals surface area contributed by atoms with Gasteiger partial charge in [-0.05, 0) is 13.0 Å². The van der Waals surface area contributed by atoms with E-state index in [1.165, 1.54) is 0 Å². The van der Waals surface area contributed by atoms with Crippen LogP contribution in [0.1, 0.15) is 18.6 Å². The maximum absolute atomic E-state index is 9.24. The molecule has 1 atom stereocenters. The van der Waals surface area contributed by atoms with Gasteiger partial charge in [0.2, 0.25) is 0 Å². The van der Waals surface area contributed by atoms with E-state index in [-0.39, 0.29) is 0 Å². The van der Waals surface area contributed by atoms with Crippen LogP contribution in [-0.2, 0) is 0 Å². The molecule has 0 heterocycles.